The van der Waals surface area contributed by atoms with Crippen LogP contribution in [0.3, 0.4) is 0 Å². The average molecular weight is 336 g/mol. The number of allylic oxidation sites excluding steroid dienone is 2. The van der Waals surface area contributed by atoms with Gasteiger partial charge in [-0.25, -0.2) is 12.2 Å². The van der Waals surface area contributed by atoms with Crippen LogP contribution in [0.5, 0.6) is 0 Å². The van der Waals surface area contributed by atoms with Crippen LogP contribution in [-0.2, 0) is 4.84 Å². The maximum absolute atomic E-state index is 11.4. The van der Waals surface area contributed by atoms with Crippen molar-refractivity contribution in [3.8, 4) is 0 Å². The van der Waals surface area contributed by atoms with E-state index in [4.69, 9.17) is 5.73 Å². The molecule has 0 saturated heterocycles. The first-order valence-corrected chi connectivity index (χ1v) is 6.51. The van der Waals surface area contributed by atoms with Crippen LogP contribution >= 0.6 is 15.9 Å². The monoisotopic (exact) mass is 335 g/mol. The van der Waals surface area contributed by atoms with Gasteiger partial charge in [0.1, 0.15) is 0 Å². The largest absolute Gasteiger partial charge is 0.750 e. The molecule has 0 aliphatic heterocycles. The van der Waals surface area contributed by atoms with Gasteiger partial charge in [-0.3, -0.25) is 18.6 Å². The Balaban J connectivity index is 1.89. The Bertz CT molecular complexity index is 552. The lowest BCUT2D eigenvalue weighted by Crippen LogP contribution is -2.18. The SMILES string of the molecule is NC(=NOC(=O)[OH+][C-]1C=C[CH-]C=C1)c1ccc(Br)cc1. The van der Waals surface area contributed by atoms with Crippen molar-refractivity contribution in [3.63, 3.8) is 0 Å². The van der Waals surface area contributed by atoms with Gasteiger partial charge in [0.05, 0.1) is 0 Å². The zero-order valence-corrected chi connectivity index (χ0v) is 11.9. The van der Waals surface area contributed by atoms with Gasteiger partial charge in [0, 0.05) is 20.0 Å². The summed E-state index contributed by atoms with van der Waals surface area (Å²) in [6, 6.07) is 7.14. The van der Waals surface area contributed by atoms with Gasteiger partial charge in [-0.1, -0.05) is 22.0 Å². The van der Waals surface area contributed by atoms with Crippen LogP contribution in [0.25, 0.3) is 0 Å². The molecule has 3 N–H and O–H groups in total. The van der Waals surface area contributed by atoms with Crippen molar-refractivity contribution in [1.82, 2.24) is 0 Å². The van der Waals surface area contributed by atoms with E-state index in [0.717, 1.165) is 4.47 Å². The van der Waals surface area contributed by atoms with Crippen LogP contribution in [0, 0.1) is 12.5 Å². The highest BCUT2D eigenvalue weighted by Crippen LogP contribution is 2.12. The Morgan fingerprint density at radius 2 is 1.95 bits per heavy atom. The molecule has 104 valence electrons. The summed E-state index contributed by atoms with van der Waals surface area (Å²) < 4.78 is 4.63. The third-order valence-electron chi connectivity index (χ3n) is 2.34. The van der Waals surface area contributed by atoms with Crippen LogP contribution in [0.15, 0.2) is 58.2 Å². The van der Waals surface area contributed by atoms with E-state index in [1.807, 2.05) is 18.6 Å². The minimum absolute atomic E-state index is 0.106. The van der Waals surface area contributed by atoms with E-state index in [1.54, 1.807) is 36.4 Å². The maximum Gasteiger partial charge on any atom is 0.750 e. The molecule has 1 aliphatic rings. The lowest BCUT2D eigenvalue weighted by molar-refractivity contribution is -0.00298. The van der Waals surface area contributed by atoms with Crippen molar-refractivity contribution in [2.24, 2.45) is 10.9 Å². The molecule has 6 heteroatoms. The Kier molecular flexibility index (Phi) is 4.73. The number of nitrogens with two attached hydrogens (primary N) is 1. The number of hydrogen-bond acceptors (Lipinski definition) is 3. The fourth-order valence-corrected chi connectivity index (χ4v) is 1.65. The molecule has 0 amide bonds. The van der Waals surface area contributed by atoms with Gasteiger partial charge in [0.2, 0.25) is 0 Å². The molecule has 5 nitrogen and oxygen atoms in total. The summed E-state index contributed by atoms with van der Waals surface area (Å²) in [4.78, 5) is 16.1. The van der Waals surface area contributed by atoms with Crippen LogP contribution in [0.2, 0.25) is 0 Å². The van der Waals surface area contributed by atoms with Crippen molar-refractivity contribution in [2.75, 3.05) is 0 Å². The van der Waals surface area contributed by atoms with Gasteiger partial charge < -0.3 is 10.5 Å². The molecule has 0 heterocycles. The standard InChI is InChI=1S/C14H12BrN2O3/c15-11-8-6-10(7-9-11)13(16)17-20-14(18)19-12-4-2-1-3-5-12/h1-9,19H,(H2,16,17)/q-1. The first kappa shape index (κ1) is 14.1. The number of rotatable bonds is 3. The van der Waals surface area contributed by atoms with E-state index < -0.39 is 6.16 Å². The van der Waals surface area contributed by atoms with E-state index >= 15 is 0 Å². The van der Waals surface area contributed by atoms with Gasteiger partial charge in [0.15, 0.2) is 5.84 Å². The van der Waals surface area contributed by atoms with Gasteiger partial charge in [-0.2, -0.15) is 0 Å². The highest BCUT2D eigenvalue weighted by molar-refractivity contribution is 9.10. The van der Waals surface area contributed by atoms with Crippen molar-refractivity contribution in [2.45, 2.75) is 0 Å². The smallest absolute Gasteiger partial charge is 0.562 e. The molecule has 0 fully saturated rings. The molecule has 0 aromatic heterocycles. The number of oxime groups is 1. The van der Waals surface area contributed by atoms with Crippen molar-refractivity contribution in [3.05, 3.63) is 71.1 Å². The number of halogens is 1. The lowest BCUT2D eigenvalue weighted by atomic mass is 10.2. The highest BCUT2D eigenvalue weighted by Gasteiger charge is 2.15. The second-order valence-electron chi connectivity index (χ2n) is 3.79. The summed E-state index contributed by atoms with van der Waals surface area (Å²) in [7, 11) is 0. The Morgan fingerprint density at radius 3 is 2.60 bits per heavy atom. The molecule has 0 spiro atoms. The molecule has 0 bridgehead atoms. The third-order valence-corrected chi connectivity index (χ3v) is 2.87. The normalized spacial score (nSPS) is 13.8. The molecule has 0 saturated carbocycles. The Labute approximate surface area is 124 Å². The summed E-state index contributed by atoms with van der Waals surface area (Å²) in [6.45, 7) is 0. The topological polar surface area (TPSA) is 77.5 Å². The molecule has 1 aromatic carbocycles. The summed E-state index contributed by atoms with van der Waals surface area (Å²) >= 11 is 3.31. The zero-order chi connectivity index (χ0) is 14.4. The van der Waals surface area contributed by atoms with E-state index in [2.05, 4.69) is 30.7 Å². The van der Waals surface area contributed by atoms with E-state index in [-0.39, 0.29) is 5.84 Å². The number of ether oxygens (including phenoxy) is 1. The zero-order valence-electron chi connectivity index (χ0n) is 10.4. The van der Waals surface area contributed by atoms with Gasteiger partial charge in [-0.05, 0) is 24.3 Å². The molecular formula is C14H12BrN2O3-. The van der Waals surface area contributed by atoms with Crippen LogP contribution in [0.1, 0.15) is 5.56 Å². The second-order valence-corrected chi connectivity index (χ2v) is 4.70. The molecule has 0 atom stereocenters. The first-order chi connectivity index (χ1) is 9.65. The van der Waals surface area contributed by atoms with E-state index in [9.17, 15) is 4.79 Å². The van der Waals surface area contributed by atoms with Gasteiger partial charge in [-0.15, -0.1) is 4.84 Å². The number of benzene rings is 1. The summed E-state index contributed by atoms with van der Waals surface area (Å²) in [5.41, 5.74) is 6.36. The fourth-order valence-electron chi connectivity index (χ4n) is 1.39. The van der Waals surface area contributed by atoms with Crippen molar-refractivity contribution in [1.29, 1.82) is 0 Å². The van der Waals surface area contributed by atoms with Crippen LogP contribution in [0.4, 0.5) is 4.79 Å². The number of nitrogens with zero attached hydrogens (tertiary/aromatic N) is 1. The van der Waals surface area contributed by atoms with Gasteiger partial charge >= 0.3 is 6.16 Å². The Morgan fingerprint density at radius 1 is 1.30 bits per heavy atom. The quantitative estimate of drug-likeness (QED) is 0.175. The molecule has 1 aliphatic carbocycles. The third kappa shape index (κ3) is 4.10. The number of carbonyl (C=O) groups is 1. The van der Waals surface area contributed by atoms with Gasteiger partial charge in [0.25, 0.3) is 0 Å². The number of hydrogen-bond donors (Lipinski definition) is 1. The summed E-state index contributed by atoms with van der Waals surface area (Å²) in [5.74, 6) is 0.106. The first-order valence-electron chi connectivity index (χ1n) is 5.72. The summed E-state index contributed by atoms with van der Waals surface area (Å²) in [5, 5.41) is 3.56. The van der Waals surface area contributed by atoms with E-state index in [1.165, 1.54) is 0 Å². The maximum atomic E-state index is 11.4. The molecular weight excluding hydrogens is 324 g/mol. The molecule has 0 unspecified atom stereocenters. The van der Waals surface area contributed by atoms with Crippen LogP contribution < -0.4 is 5.73 Å². The van der Waals surface area contributed by atoms with Crippen molar-refractivity contribution < 1.29 is 14.4 Å². The average Bonchev–Trinajstić information content (AvgIpc) is 2.46. The Hall–Kier alpha value is -2.34. The minimum Gasteiger partial charge on any atom is -0.562 e. The van der Waals surface area contributed by atoms with E-state index in [0.29, 0.717) is 11.7 Å². The highest BCUT2D eigenvalue weighted by atomic mass is 79.9. The molecule has 0 radical (unpaired) electrons. The van der Waals surface area contributed by atoms with Crippen LogP contribution in [-0.4, -0.2) is 16.7 Å². The molecule has 1 aromatic rings. The predicted molar refractivity (Wildman–Crippen MR) is 79.8 cm³/mol. The van der Waals surface area contributed by atoms with Crippen molar-refractivity contribution >= 4 is 27.9 Å². The lowest BCUT2D eigenvalue weighted by Gasteiger charge is -2.24. The summed E-state index contributed by atoms with van der Waals surface area (Å²) in [6.07, 6.45) is 8.41. The fraction of sp³-hybridized carbons (Fsp3) is 0. The molecule has 20 heavy (non-hydrogen) atoms. The minimum atomic E-state index is -0.823. The molecule has 2 rings (SSSR count). The predicted octanol–water partition coefficient (Wildman–Crippen LogP) is 3.16. The second kappa shape index (κ2) is 6.72. The number of aliphatic hydroxyl groups is 1. The number of amidine groups is 1.